The molecular weight excluding hydrogens is 256 g/mol. The number of hydrogen-bond donors (Lipinski definition) is 1. The lowest BCUT2D eigenvalue weighted by Gasteiger charge is -2.27. The first-order valence-corrected chi connectivity index (χ1v) is 7.58. The highest BCUT2D eigenvalue weighted by atomic mass is 16.5. The van der Waals surface area contributed by atoms with Gasteiger partial charge in [-0.1, -0.05) is 19.0 Å². The lowest BCUT2D eigenvalue weighted by atomic mass is 10.1. The minimum Gasteiger partial charge on any atom is -0.367 e. The Hall–Kier alpha value is -0.980. The van der Waals surface area contributed by atoms with Gasteiger partial charge in [0.05, 0.1) is 6.61 Å². The van der Waals surface area contributed by atoms with E-state index in [1.165, 1.54) is 0 Å². The average Bonchev–Trinajstić information content (AvgIpc) is 2.92. The zero-order valence-electron chi connectivity index (χ0n) is 12.8. The summed E-state index contributed by atoms with van der Waals surface area (Å²) in [6.07, 6.45) is 2.91. The molecule has 1 aliphatic heterocycles. The first-order valence-electron chi connectivity index (χ1n) is 7.58. The number of hydrogen-bond acceptors (Lipinski definition) is 6. The van der Waals surface area contributed by atoms with E-state index in [1.54, 1.807) is 0 Å². The third-order valence-corrected chi connectivity index (χ3v) is 3.64. The van der Waals surface area contributed by atoms with Crippen LogP contribution in [0.4, 0.5) is 0 Å². The number of morpholine rings is 1. The lowest BCUT2D eigenvalue weighted by molar-refractivity contribution is -0.0264. The fraction of sp³-hybridized carbons (Fsp3) is 0.857. The molecule has 2 heterocycles. The second-order valence-electron chi connectivity index (χ2n) is 5.43. The zero-order chi connectivity index (χ0) is 14.4. The molecule has 0 aliphatic carbocycles. The van der Waals surface area contributed by atoms with E-state index < -0.39 is 0 Å². The molecule has 6 heteroatoms. The van der Waals surface area contributed by atoms with Gasteiger partial charge in [-0.15, -0.1) is 0 Å². The topological polar surface area (TPSA) is 63.4 Å². The Balaban J connectivity index is 1.90. The van der Waals surface area contributed by atoms with Gasteiger partial charge in [0.15, 0.2) is 0 Å². The maximum Gasteiger partial charge on any atom is 0.228 e. The highest BCUT2D eigenvalue weighted by Gasteiger charge is 2.24. The van der Waals surface area contributed by atoms with Crippen LogP contribution in [-0.4, -0.2) is 54.4 Å². The Morgan fingerprint density at radius 2 is 2.30 bits per heavy atom. The number of nitrogens with zero attached hydrogens (tertiary/aromatic N) is 3. The monoisotopic (exact) mass is 282 g/mol. The molecule has 1 aromatic rings. The van der Waals surface area contributed by atoms with Crippen LogP contribution in [0.3, 0.4) is 0 Å². The molecule has 0 bridgehead atoms. The summed E-state index contributed by atoms with van der Waals surface area (Å²) in [4.78, 5) is 6.72. The van der Waals surface area contributed by atoms with Crippen molar-refractivity contribution in [2.45, 2.75) is 45.3 Å². The van der Waals surface area contributed by atoms with Crippen LogP contribution in [0.1, 0.15) is 44.5 Å². The van der Waals surface area contributed by atoms with Gasteiger partial charge in [0.2, 0.25) is 11.7 Å². The number of likely N-dealkylation sites (N-methyl/N-ethyl adjacent to an activating group) is 1. The molecule has 0 spiro atoms. The largest absolute Gasteiger partial charge is 0.367 e. The second kappa shape index (κ2) is 7.71. The van der Waals surface area contributed by atoms with Gasteiger partial charge < -0.3 is 19.5 Å². The molecule has 1 aliphatic rings. The molecule has 1 N–H and O–H groups in total. The molecule has 0 amide bonds. The first-order chi connectivity index (χ1) is 9.72. The van der Waals surface area contributed by atoms with Gasteiger partial charge in [-0.05, 0) is 26.4 Å². The molecule has 0 saturated carbocycles. The SMILES string of the molecule is CCCNC(CC)Cc1nc(C2CN(C)CCO2)no1. The summed E-state index contributed by atoms with van der Waals surface area (Å²) in [7, 11) is 2.08. The summed E-state index contributed by atoms with van der Waals surface area (Å²) in [6, 6.07) is 0.401. The molecule has 0 aromatic carbocycles. The predicted molar refractivity (Wildman–Crippen MR) is 76.6 cm³/mol. The van der Waals surface area contributed by atoms with Crippen molar-refractivity contribution in [2.75, 3.05) is 33.3 Å². The van der Waals surface area contributed by atoms with Gasteiger partial charge in [-0.2, -0.15) is 4.98 Å². The summed E-state index contributed by atoms with van der Waals surface area (Å²) in [5, 5.41) is 7.57. The normalized spacial score (nSPS) is 22.1. The van der Waals surface area contributed by atoms with Crippen molar-refractivity contribution in [1.29, 1.82) is 0 Å². The van der Waals surface area contributed by atoms with Gasteiger partial charge in [-0.3, -0.25) is 0 Å². The average molecular weight is 282 g/mol. The number of nitrogens with one attached hydrogen (secondary N) is 1. The Bertz CT molecular complexity index is 396. The Morgan fingerprint density at radius 3 is 3.00 bits per heavy atom. The predicted octanol–water partition coefficient (Wildman–Crippen LogP) is 1.39. The highest BCUT2D eigenvalue weighted by molar-refractivity contribution is 4.95. The van der Waals surface area contributed by atoms with E-state index >= 15 is 0 Å². The molecule has 6 nitrogen and oxygen atoms in total. The van der Waals surface area contributed by atoms with Crippen LogP contribution in [0.2, 0.25) is 0 Å². The molecule has 0 radical (unpaired) electrons. The molecule has 114 valence electrons. The van der Waals surface area contributed by atoms with Crippen molar-refractivity contribution < 1.29 is 9.26 Å². The minimum absolute atomic E-state index is 0.0603. The van der Waals surface area contributed by atoms with Crippen LogP contribution in [-0.2, 0) is 11.2 Å². The quantitative estimate of drug-likeness (QED) is 0.815. The fourth-order valence-corrected chi connectivity index (χ4v) is 2.34. The molecule has 2 atom stereocenters. The number of rotatable bonds is 7. The summed E-state index contributed by atoms with van der Waals surface area (Å²) >= 11 is 0. The van der Waals surface area contributed by atoms with Crippen LogP contribution in [0.15, 0.2) is 4.52 Å². The molecular formula is C14H26N4O2. The van der Waals surface area contributed by atoms with Crippen molar-refractivity contribution in [3.8, 4) is 0 Å². The Kier molecular flexibility index (Phi) is 5.94. The van der Waals surface area contributed by atoms with Gasteiger partial charge in [0, 0.05) is 25.6 Å². The summed E-state index contributed by atoms with van der Waals surface area (Å²) in [5.74, 6) is 1.38. The van der Waals surface area contributed by atoms with E-state index in [0.717, 1.165) is 45.5 Å². The van der Waals surface area contributed by atoms with E-state index in [9.17, 15) is 0 Å². The summed E-state index contributed by atoms with van der Waals surface area (Å²) in [6.45, 7) is 7.87. The molecule has 20 heavy (non-hydrogen) atoms. The smallest absolute Gasteiger partial charge is 0.228 e. The number of ether oxygens (including phenoxy) is 1. The van der Waals surface area contributed by atoms with Crippen molar-refractivity contribution in [3.05, 3.63) is 11.7 Å². The maximum absolute atomic E-state index is 5.70. The van der Waals surface area contributed by atoms with E-state index in [1.807, 2.05) is 0 Å². The third-order valence-electron chi connectivity index (χ3n) is 3.64. The highest BCUT2D eigenvalue weighted by Crippen LogP contribution is 2.19. The lowest BCUT2D eigenvalue weighted by Crippen LogP contribution is -2.35. The second-order valence-corrected chi connectivity index (χ2v) is 5.43. The van der Waals surface area contributed by atoms with Crippen molar-refractivity contribution in [3.63, 3.8) is 0 Å². The van der Waals surface area contributed by atoms with Gasteiger partial charge in [0.1, 0.15) is 6.10 Å². The Morgan fingerprint density at radius 1 is 1.45 bits per heavy atom. The summed E-state index contributed by atoms with van der Waals surface area (Å²) in [5.41, 5.74) is 0. The number of aromatic nitrogens is 2. The minimum atomic E-state index is -0.0603. The maximum atomic E-state index is 5.70. The molecule has 1 fully saturated rings. The molecule has 1 aromatic heterocycles. The van der Waals surface area contributed by atoms with E-state index in [4.69, 9.17) is 9.26 Å². The van der Waals surface area contributed by atoms with Gasteiger partial charge >= 0.3 is 0 Å². The van der Waals surface area contributed by atoms with Gasteiger partial charge in [0.25, 0.3) is 0 Å². The standard InChI is InChI=1S/C14H26N4O2/c1-4-6-15-11(5-2)9-13-16-14(17-20-13)12-10-18(3)7-8-19-12/h11-12,15H,4-10H2,1-3H3. The van der Waals surface area contributed by atoms with Crippen LogP contribution < -0.4 is 5.32 Å². The van der Waals surface area contributed by atoms with Crippen LogP contribution in [0, 0.1) is 0 Å². The van der Waals surface area contributed by atoms with Crippen molar-refractivity contribution in [2.24, 2.45) is 0 Å². The molecule has 1 saturated heterocycles. The van der Waals surface area contributed by atoms with Crippen molar-refractivity contribution >= 4 is 0 Å². The van der Waals surface area contributed by atoms with Gasteiger partial charge in [-0.25, -0.2) is 0 Å². The van der Waals surface area contributed by atoms with Crippen LogP contribution in [0.5, 0.6) is 0 Å². The van der Waals surface area contributed by atoms with Crippen LogP contribution >= 0.6 is 0 Å². The summed E-state index contributed by atoms with van der Waals surface area (Å²) < 4.78 is 11.1. The van der Waals surface area contributed by atoms with E-state index in [2.05, 4.69) is 41.3 Å². The first kappa shape index (κ1) is 15.4. The van der Waals surface area contributed by atoms with E-state index in [0.29, 0.717) is 17.8 Å². The van der Waals surface area contributed by atoms with Crippen LogP contribution in [0.25, 0.3) is 0 Å². The molecule has 2 rings (SSSR count). The fourth-order valence-electron chi connectivity index (χ4n) is 2.34. The third kappa shape index (κ3) is 4.26. The Labute approximate surface area is 120 Å². The van der Waals surface area contributed by atoms with E-state index in [-0.39, 0.29) is 6.10 Å². The zero-order valence-corrected chi connectivity index (χ0v) is 12.8. The van der Waals surface area contributed by atoms with Crippen molar-refractivity contribution in [1.82, 2.24) is 20.4 Å². The molecule has 2 unspecified atom stereocenters.